The first kappa shape index (κ1) is 45.3. The Morgan fingerprint density at radius 1 is 1.12 bits per heavy atom. The number of hydrogen-bond acceptors (Lipinski definition) is 12. The minimum absolute atomic E-state index is 0.0761. The summed E-state index contributed by atoms with van der Waals surface area (Å²) in [5, 5.41) is 14.5. The minimum Gasteiger partial charge on any atom is -0.495 e. The lowest BCUT2D eigenvalue weighted by Gasteiger charge is -2.42. The Kier molecular flexibility index (Phi) is 14.3. The van der Waals surface area contributed by atoms with E-state index in [1.54, 1.807) is 45.2 Å². The highest BCUT2D eigenvalue weighted by Gasteiger charge is 2.64. The molecule has 4 bridgehead atoms. The molecule has 4 aliphatic heterocycles. The molecule has 4 aliphatic rings. The highest BCUT2D eigenvalue weighted by Crippen LogP contribution is 2.49. The maximum absolute atomic E-state index is 14.2. The van der Waals surface area contributed by atoms with Crippen molar-refractivity contribution in [3.05, 3.63) is 58.7 Å². The van der Waals surface area contributed by atoms with Gasteiger partial charge in [-0.15, -0.1) is 0 Å². The Labute approximate surface area is 349 Å². The van der Waals surface area contributed by atoms with Gasteiger partial charge in [0.25, 0.3) is 11.8 Å². The molecule has 1 aromatic rings. The average molecular weight is 843 g/mol. The van der Waals surface area contributed by atoms with Crippen LogP contribution in [0.5, 0.6) is 5.75 Å². The number of nitrogens with one attached hydrogen (secondary N) is 1. The van der Waals surface area contributed by atoms with Crippen molar-refractivity contribution >= 4 is 53.0 Å². The van der Waals surface area contributed by atoms with Crippen molar-refractivity contribution in [2.24, 2.45) is 5.92 Å². The Morgan fingerprint density at radius 2 is 1.81 bits per heavy atom. The normalized spacial score (nSPS) is 30.4. The third-order valence-corrected chi connectivity index (χ3v) is 12.1. The zero-order chi connectivity index (χ0) is 43.4. The number of likely N-dealkylation sites (N-methyl/N-ethyl adjacent to an activating group) is 1. The number of esters is 1. The molecule has 0 spiro atoms. The van der Waals surface area contributed by atoms with Gasteiger partial charge in [-0.05, 0) is 57.7 Å². The number of aliphatic hydroxyl groups is 1. The highest BCUT2D eigenvalue weighted by molar-refractivity contribution is 6.35. The molecular weight excluding hydrogens is 788 g/mol. The number of halogens is 1. The Morgan fingerprint density at radius 3 is 2.47 bits per heavy atom. The zero-order valence-corrected chi connectivity index (χ0v) is 35.6. The second-order valence-corrected chi connectivity index (χ2v) is 16.3. The van der Waals surface area contributed by atoms with Gasteiger partial charge >= 0.3 is 12.1 Å². The molecule has 2 N–H and O–H groups in total. The van der Waals surface area contributed by atoms with E-state index >= 15 is 0 Å². The largest absolute Gasteiger partial charge is 0.495 e. The van der Waals surface area contributed by atoms with Crippen molar-refractivity contribution in [3.63, 3.8) is 0 Å². The summed E-state index contributed by atoms with van der Waals surface area (Å²) >= 11 is 6.77. The number of carbonyl (C=O) groups excluding carboxylic acids is 6. The number of fused-ring (bicyclic) bond motifs is 5. The molecule has 0 radical (unpaired) electrons. The van der Waals surface area contributed by atoms with Crippen LogP contribution in [0, 0.1) is 5.92 Å². The quantitative estimate of drug-likeness (QED) is 0.141. The standard InChI is InChI=1S/C42H55ClN4O12/c1-24-13-12-14-31(56-8)42(54)23-30(57-40(53)44-42)25(2)38-41(4,59-38)32(22-36(51)46(6)28-20-27(19-24)21-29(55-7)37(28)43)58-39(52)26(3)45(5)33(48)15-10-9-11-18-47-34(49)16-17-35(47)50/h12-14,16-17,20-21,25-26,30-32,38,54H,9-11,15,18-19,22-23H2,1-8H3,(H,44,53)/b14-12+,24-13+/t25-,26-,30+,31-,32+,38?,41+,42+/m1/s1. The molecule has 1 unspecified atom stereocenters. The number of unbranched alkanes of at least 4 members (excludes halogenated alkanes) is 2. The lowest BCUT2D eigenvalue weighted by atomic mass is 9.83. The summed E-state index contributed by atoms with van der Waals surface area (Å²) in [7, 11) is 5.94. The van der Waals surface area contributed by atoms with Gasteiger partial charge in [-0.3, -0.25) is 29.4 Å². The summed E-state index contributed by atoms with van der Waals surface area (Å²) in [6.45, 7) is 7.16. The van der Waals surface area contributed by atoms with Crippen molar-refractivity contribution in [1.82, 2.24) is 15.1 Å². The number of allylic oxidation sites excluding steroid dienone is 3. The van der Waals surface area contributed by atoms with E-state index in [4.69, 9.17) is 35.3 Å². The molecule has 5 rings (SSSR count). The van der Waals surface area contributed by atoms with Gasteiger partial charge in [-0.25, -0.2) is 9.59 Å². The zero-order valence-electron chi connectivity index (χ0n) is 34.8. The number of methoxy groups -OCH3 is 2. The van der Waals surface area contributed by atoms with Gasteiger partial charge in [0.15, 0.2) is 5.72 Å². The summed E-state index contributed by atoms with van der Waals surface area (Å²) < 4.78 is 29.3. The third-order valence-electron chi connectivity index (χ3n) is 11.7. The van der Waals surface area contributed by atoms with Gasteiger partial charge in [0.2, 0.25) is 11.8 Å². The highest BCUT2D eigenvalue weighted by atomic mass is 35.5. The fraction of sp³-hybridized carbons (Fsp3) is 0.571. The summed E-state index contributed by atoms with van der Waals surface area (Å²) in [5.41, 5.74) is -1.05. The fourth-order valence-corrected chi connectivity index (χ4v) is 8.08. The average Bonchev–Trinajstić information content (AvgIpc) is 3.79. The lowest BCUT2D eigenvalue weighted by Crippen LogP contribution is -2.63. The third kappa shape index (κ3) is 10.2. The number of amides is 5. The first-order chi connectivity index (χ1) is 27.8. The van der Waals surface area contributed by atoms with E-state index in [0.29, 0.717) is 37.1 Å². The summed E-state index contributed by atoms with van der Waals surface area (Å²) in [6.07, 6.45) is 4.78. The second-order valence-electron chi connectivity index (χ2n) is 15.9. The van der Waals surface area contributed by atoms with E-state index in [0.717, 1.165) is 16.0 Å². The second kappa shape index (κ2) is 18.7. The van der Waals surface area contributed by atoms with Crippen LogP contribution in [-0.2, 0) is 49.3 Å². The van der Waals surface area contributed by atoms with E-state index in [1.807, 2.05) is 13.0 Å². The molecule has 4 heterocycles. The van der Waals surface area contributed by atoms with Gasteiger partial charge in [0.1, 0.15) is 40.7 Å². The molecule has 17 heteroatoms. The fourth-order valence-electron chi connectivity index (χ4n) is 7.77. The summed E-state index contributed by atoms with van der Waals surface area (Å²) in [4.78, 5) is 81.6. The van der Waals surface area contributed by atoms with Crippen LogP contribution < -0.4 is 15.0 Å². The maximum Gasteiger partial charge on any atom is 0.409 e. The van der Waals surface area contributed by atoms with Gasteiger partial charge in [0, 0.05) is 58.7 Å². The predicted molar refractivity (Wildman–Crippen MR) is 215 cm³/mol. The van der Waals surface area contributed by atoms with Crippen molar-refractivity contribution in [1.29, 1.82) is 0 Å². The molecule has 16 nitrogen and oxygen atoms in total. The minimum atomic E-state index is -1.85. The van der Waals surface area contributed by atoms with Crippen molar-refractivity contribution in [2.45, 2.75) is 114 Å². The van der Waals surface area contributed by atoms with Gasteiger partial charge in [-0.2, -0.15) is 0 Å². The monoisotopic (exact) mass is 842 g/mol. The molecule has 5 amide bonds. The van der Waals surface area contributed by atoms with E-state index < -0.39 is 65.7 Å². The predicted octanol–water partition coefficient (Wildman–Crippen LogP) is 4.00. The van der Waals surface area contributed by atoms with E-state index in [2.05, 4.69) is 5.32 Å². The van der Waals surface area contributed by atoms with Crippen LogP contribution in [0.4, 0.5) is 10.5 Å². The number of alkyl carbamates (subject to hydrolysis) is 1. The molecule has 0 aliphatic carbocycles. The molecule has 1 aromatic carbocycles. The van der Waals surface area contributed by atoms with Crippen molar-refractivity contribution in [2.75, 3.05) is 39.8 Å². The number of benzene rings is 1. The first-order valence-electron chi connectivity index (χ1n) is 19.7. The number of imide groups is 1. The number of carbonyl (C=O) groups is 6. The van der Waals surface area contributed by atoms with Crippen LogP contribution in [0.25, 0.3) is 0 Å². The smallest absolute Gasteiger partial charge is 0.409 e. The van der Waals surface area contributed by atoms with Crippen LogP contribution in [0.2, 0.25) is 5.02 Å². The topological polar surface area (TPSA) is 194 Å². The number of ether oxygens (including phenoxy) is 5. The van der Waals surface area contributed by atoms with Gasteiger partial charge in [0.05, 0.1) is 25.3 Å². The molecule has 2 fully saturated rings. The Bertz CT molecular complexity index is 1900. The Hall–Kier alpha value is -4.77. The van der Waals surface area contributed by atoms with Crippen LogP contribution in [0.1, 0.15) is 71.8 Å². The molecule has 59 heavy (non-hydrogen) atoms. The van der Waals surface area contributed by atoms with Crippen molar-refractivity contribution < 1.29 is 57.6 Å². The summed E-state index contributed by atoms with van der Waals surface area (Å²) in [5.74, 6) is -2.49. The lowest BCUT2D eigenvalue weighted by molar-refractivity contribution is -0.162. The molecule has 8 atom stereocenters. The SMILES string of the molecule is COc1cc2cc(c1Cl)N(C)C(=O)C[C@H](OC(=O)[C@@H](C)N(C)C(=O)CCCCCN1C(=O)C=CC1=O)[C@]1(C)OC1[C@H](C)[C@@H]1C[C@@](O)(NC(=O)O1)[C@H](OC)/C=C/C=C(\C)C2. The van der Waals surface area contributed by atoms with Crippen LogP contribution >= 0.6 is 11.6 Å². The number of anilines is 1. The molecule has 0 saturated carbocycles. The molecule has 2 saturated heterocycles. The van der Waals surface area contributed by atoms with E-state index in [9.17, 15) is 33.9 Å². The van der Waals surface area contributed by atoms with E-state index in [1.165, 1.54) is 50.1 Å². The number of hydrogen-bond donors (Lipinski definition) is 2. The first-order valence-corrected chi connectivity index (χ1v) is 20.1. The maximum atomic E-state index is 14.2. The number of rotatable bonds is 11. The number of nitrogens with zero attached hydrogens (tertiary/aromatic N) is 3. The van der Waals surface area contributed by atoms with Crippen LogP contribution in [0.3, 0.4) is 0 Å². The van der Waals surface area contributed by atoms with Crippen LogP contribution in [0.15, 0.2) is 48.1 Å². The molecule has 0 aromatic heterocycles. The molecule has 322 valence electrons. The van der Waals surface area contributed by atoms with Gasteiger partial charge in [-0.1, -0.05) is 48.7 Å². The van der Waals surface area contributed by atoms with E-state index in [-0.39, 0.29) is 48.6 Å². The van der Waals surface area contributed by atoms with Crippen molar-refractivity contribution in [3.8, 4) is 5.75 Å². The van der Waals surface area contributed by atoms with Gasteiger partial charge < -0.3 is 38.6 Å². The van der Waals surface area contributed by atoms with Crippen LogP contribution in [-0.4, -0.2) is 127 Å². The summed E-state index contributed by atoms with van der Waals surface area (Å²) in [6, 6.07) is 2.50. The molecular formula is C42H55ClN4O12. The Balaban J connectivity index is 1.39. The number of epoxide rings is 1.